The molecular formula is C22H24N2O3. The molecule has 2 aliphatic rings. The van der Waals surface area contributed by atoms with Gasteiger partial charge in [-0.25, -0.2) is 4.98 Å². The molecule has 2 unspecified atom stereocenters. The van der Waals surface area contributed by atoms with E-state index < -0.39 is 0 Å². The predicted octanol–water partition coefficient (Wildman–Crippen LogP) is 3.18. The number of aromatic nitrogens is 1. The van der Waals surface area contributed by atoms with Gasteiger partial charge in [-0.05, 0) is 54.5 Å². The Labute approximate surface area is 159 Å². The topological polar surface area (TPSA) is 60.5 Å². The van der Waals surface area contributed by atoms with E-state index in [1.807, 2.05) is 6.08 Å². The minimum Gasteiger partial charge on any atom is -0.489 e. The Bertz CT molecular complexity index is 826. The van der Waals surface area contributed by atoms with Crippen molar-refractivity contribution in [1.82, 2.24) is 10.3 Å². The number of nitrogens with zero attached hydrogens (tertiary/aromatic N) is 1. The van der Waals surface area contributed by atoms with Gasteiger partial charge in [0.25, 0.3) is 5.91 Å². The standard InChI is InChI=1S/C22H24N2O3/c1-2-15-5-6-16-11-18(12-17(16)10-15)24-22(25)21-8-7-19(13-23-21)27-14-20-4-3-9-26-20/h2,5-8,10,13,18,20H,1,3-4,9,11-12,14H2,(H,24,25). The summed E-state index contributed by atoms with van der Waals surface area (Å²) < 4.78 is 11.2. The van der Waals surface area contributed by atoms with Crippen LogP contribution in [0.1, 0.15) is 40.0 Å². The lowest BCUT2D eigenvalue weighted by Gasteiger charge is -2.13. The number of fused-ring (bicyclic) bond motifs is 1. The van der Waals surface area contributed by atoms with Gasteiger partial charge in [0.15, 0.2) is 0 Å². The smallest absolute Gasteiger partial charge is 0.270 e. The molecule has 1 aliphatic carbocycles. The highest BCUT2D eigenvalue weighted by atomic mass is 16.5. The number of pyridine rings is 1. The van der Waals surface area contributed by atoms with Gasteiger partial charge in [-0.15, -0.1) is 0 Å². The molecule has 4 rings (SSSR count). The Morgan fingerprint density at radius 2 is 2.19 bits per heavy atom. The fraction of sp³-hybridized carbons (Fsp3) is 0.364. The van der Waals surface area contributed by atoms with Gasteiger partial charge in [0, 0.05) is 12.6 Å². The molecule has 5 heteroatoms. The van der Waals surface area contributed by atoms with Gasteiger partial charge in [-0.3, -0.25) is 4.79 Å². The zero-order chi connectivity index (χ0) is 18.6. The van der Waals surface area contributed by atoms with Crippen molar-refractivity contribution in [3.8, 4) is 5.75 Å². The average molecular weight is 364 g/mol. The third-order valence-corrected chi connectivity index (χ3v) is 5.16. The van der Waals surface area contributed by atoms with E-state index >= 15 is 0 Å². The highest BCUT2D eigenvalue weighted by Gasteiger charge is 2.24. The third-order valence-electron chi connectivity index (χ3n) is 5.16. The van der Waals surface area contributed by atoms with Gasteiger partial charge in [-0.2, -0.15) is 0 Å². The van der Waals surface area contributed by atoms with Crippen LogP contribution in [-0.2, 0) is 17.6 Å². The van der Waals surface area contributed by atoms with Crippen molar-refractivity contribution in [1.29, 1.82) is 0 Å². The number of ether oxygens (including phenoxy) is 2. The second-order valence-corrected chi connectivity index (χ2v) is 7.14. The number of benzene rings is 1. The normalized spacial score (nSPS) is 20.9. The summed E-state index contributed by atoms with van der Waals surface area (Å²) in [5.74, 6) is 0.509. The van der Waals surface area contributed by atoms with Crippen molar-refractivity contribution in [2.45, 2.75) is 37.8 Å². The molecule has 1 aromatic carbocycles. The highest BCUT2D eigenvalue weighted by molar-refractivity contribution is 5.92. The fourth-order valence-electron chi connectivity index (χ4n) is 3.69. The van der Waals surface area contributed by atoms with Crippen molar-refractivity contribution >= 4 is 12.0 Å². The molecule has 1 fully saturated rings. The molecule has 0 bridgehead atoms. The molecule has 0 saturated carbocycles. The van der Waals surface area contributed by atoms with Crippen molar-refractivity contribution in [3.63, 3.8) is 0 Å². The van der Waals surface area contributed by atoms with Crippen LogP contribution in [0.5, 0.6) is 5.75 Å². The van der Waals surface area contributed by atoms with Gasteiger partial charge in [0.2, 0.25) is 0 Å². The summed E-state index contributed by atoms with van der Waals surface area (Å²) in [6, 6.07) is 9.93. The van der Waals surface area contributed by atoms with Crippen LogP contribution >= 0.6 is 0 Å². The Kier molecular flexibility index (Phi) is 5.21. The van der Waals surface area contributed by atoms with Crippen molar-refractivity contribution in [2.75, 3.05) is 13.2 Å². The van der Waals surface area contributed by atoms with E-state index in [1.165, 1.54) is 11.1 Å². The van der Waals surface area contributed by atoms with Crippen LogP contribution in [-0.4, -0.2) is 36.3 Å². The maximum atomic E-state index is 12.5. The maximum absolute atomic E-state index is 12.5. The molecule has 27 heavy (non-hydrogen) atoms. The average Bonchev–Trinajstić information content (AvgIpc) is 3.35. The molecule has 2 atom stereocenters. The summed E-state index contributed by atoms with van der Waals surface area (Å²) >= 11 is 0. The molecule has 1 amide bonds. The van der Waals surface area contributed by atoms with E-state index in [-0.39, 0.29) is 18.1 Å². The Balaban J connectivity index is 1.31. The van der Waals surface area contributed by atoms with E-state index in [4.69, 9.17) is 9.47 Å². The second-order valence-electron chi connectivity index (χ2n) is 7.14. The van der Waals surface area contributed by atoms with Crippen LogP contribution in [0.4, 0.5) is 0 Å². The molecule has 2 aromatic rings. The largest absolute Gasteiger partial charge is 0.489 e. The molecule has 1 saturated heterocycles. The first-order chi connectivity index (χ1) is 13.2. The minimum absolute atomic E-state index is 0.102. The van der Waals surface area contributed by atoms with E-state index in [1.54, 1.807) is 18.3 Å². The maximum Gasteiger partial charge on any atom is 0.270 e. The van der Waals surface area contributed by atoms with Crippen LogP contribution in [0.2, 0.25) is 0 Å². The summed E-state index contributed by atoms with van der Waals surface area (Å²) in [6.07, 6.45) is 7.42. The molecule has 1 N–H and O–H groups in total. The lowest BCUT2D eigenvalue weighted by Crippen LogP contribution is -2.35. The van der Waals surface area contributed by atoms with E-state index in [0.29, 0.717) is 18.1 Å². The number of hydrogen-bond acceptors (Lipinski definition) is 4. The van der Waals surface area contributed by atoms with Crippen molar-refractivity contribution in [3.05, 3.63) is 65.5 Å². The van der Waals surface area contributed by atoms with Crippen LogP contribution < -0.4 is 10.1 Å². The molecular weight excluding hydrogens is 340 g/mol. The molecule has 2 heterocycles. The zero-order valence-electron chi connectivity index (χ0n) is 15.3. The molecule has 140 valence electrons. The molecule has 0 spiro atoms. The van der Waals surface area contributed by atoms with E-state index in [2.05, 4.69) is 35.1 Å². The predicted molar refractivity (Wildman–Crippen MR) is 104 cm³/mol. The van der Waals surface area contributed by atoms with Gasteiger partial charge in [0.05, 0.1) is 12.3 Å². The first kappa shape index (κ1) is 17.7. The lowest BCUT2D eigenvalue weighted by molar-refractivity contribution is 0.0678. The fourth-order valence-corrected chi connectivity index (χ4v) is 3.69. The number of nitrogens with one attached hydrogen (secondary N) is 1. The van der Waals surface area contributed by atoms with Crippen LogP contribution in [0, 0.1) is 0 Å². The summed E-state index contributed by atoms with van der Waals surface area (Å²) in [7, 11) is 0. The number of carbonyl (C=O) groups is 1. The van der Waals surface area contributed by atoms with Crippen LogP contribution in [0.25, 0.3) is 6.08 Å². The Morgan fingerprint density at radius 1 is 1.30 bits per heavy atom. The Morgan fingerprint density at radius 3 is 2.93 bits per heavy atom. The minimum atomic E-state index is -0.151. The number of amides is 1. The SMILES string of the molecule is C=Cc1ccc2c(c1)CC(NC(=O)c1ccc(OCC3CCCO3)cn1)C2. The number of hydrogen-bond donors (Lipinski definition) is 1. The number of rotatable bonds is 6. The van der Waals surface area contributed by atoms with Crippen LogP contribution in [0.3, 0.4) is 0 Å². The highest BCUT2D eigenvalue weighted by Crippen LogP contribution is 2.24. The first-order valence-corrected chi connectivity index (χ1v) is 9.47. The lowest BCUT2D eigenvalue weighted by atomic mass is 10.1. The summed E-state index contributed by atoms with van der Waals surface area (Å²) in [6.45, 7) is 5.15. The van der Waals surface area contributed by atoms with Gasteiger partial charge < -0.3 is 14.8 Å². The van der Waals surface area contributed by atoms with Crippen molar-refractivity contribution in [2.24, 2.45) is 0 Å². The monoisotopic (exact) mass is 364 g/mol. The second kappa shape index (κ2) is 7.92. The molecule has 0 radical (unpaired) electrons. The number of carbonyl (C=O) groups excluding carboxylic acids is 1. The summed E-state index contributed by atoms with van der Waals surface area (Å²) in [5.41, 5.74) is 4.09. The van der Waals surface area contributed by atoms with Gasteiger partial charge in [0.1, 0.15) is 18.1 Å². The summed E-state index contributed by atoms with van der Waals surface area (Å²) in [5, 5.41) is 3.09. The van der Waals surface area contributed by atoms with E-state index in [0.717, 1.165) is 37.9 Å². The first-order valence-electron chi connectivity index (χ1n) is 9.47. The third kappa shape index (κ3) is 4.19. The molecule has 5 nitrogen and oxygen atoms in total. The molecule has 1 aromatic heterocycles. The van der Waals surface area contributed by atoms with Crippen LogP contribution in [0.15, 0.2) is 43.1 Å². The molecule has 1 aliphatic heterocycles. The Hall–Kier alpha value is -2.66. The van der Waals surface area contributed by atoms with E-state index in [9.17, 15) is 4.79 Å². The van der Waals surface area contributed by atoms with Gasteiger partial charge >= 0.3 is 0 Å². The van der Waals surface area contributed by atoms with Crippen molar-refractivity contribution < 1.29 is 14.3 Å². The quantitative estimate of drug-likeness (QED) is 0.855. The van der Waals surface area contributed by atoms with Gasteiger partial charge in [-0.1, -0.05) is 30.9 Å². The summed E-state index contributed by atoms with van der Waals surface area (Å²) in [4.78, 5) is 16.8. The zero-order valence-corrected chi connectivity index (χ0v) is 15.3.